The van der Waals surface area contributed by atoms with Gasteiger partial charge in [-0.1, -0.05) is 0 Å². The minimum absolute atomic E-state index is 0.218. The lowest BCUT2D eigenvalue weighted by Gasteiger charge is -2.19. The summed E-state index contributed by atoms with van der Waals surface area (Å²) in [5.74, 6) is 0.446. The highest BCUT2D eigenvalue weighted by molar-refractivity contribution is 6.04. The van der Waals surface area contributed by atoms with Crippen LogP contribution >= 0.6 is 0 Å². The third kappa shape index (κ3) is 3.01. The summed E-state index contributed by atoms with van der Waals surface area (Å²) in [4.78, 5) is 21.3. The molecule has 1 aliphatic heterocycles. The SMILES string of the molecule is CCn1cc(O[C@@H]2COC[C@@H]2NC(=O)c2ccnc3c2ncn3C)cn1. The number of ether oxygens (including phenoxy) is 2. The van der Waals surface area contributed by atoms with Crippen LogP contribution < -0.4 is 10.1 Å². The zero-order valence-corrected chi connectivity index (χ0v) is 14.6. The molecule has 0 spiro atoms. The summed E-state index contributed by atoms with van der Waals surface area (Å²) in [6, 6.07) is 1.42. The van der Waals surface area contributed by atoms with Gasteiger partial charge in [0, 0.05) is 19.8 Å². The van der Waals surface area contributed by atoms with Crippen molar-refractivity contribution in [3.63, 3.8) is 0 Å². The maximum atomic E-state index is 12.8. The molecule has 136 valence electrons. The molecule has 9 heteroatoms. The largest absolute Gasteiger partial charge is 0.482 e. The number of nitrogens with zero attached hydrogens (tertiary/aromatic N) is 5. The number of carbonyl (C=O) groups is 1. The van der Waals surface area contributed by atoms with Crippen molar-refractivity contribution in [2.45, 2.75) is 25.6 Å². The Hall–Kier alpha value is -2.94. The van der Waals surface area contributed by atoms with Crippen LogP contribution in [0, 0.1) is 0 Å². The van der Waals surface area contributed by atoms with E-state index < -0.39 is 0 Å². The van der Waals surface area contributed by atoms with E-state index in [2.05, 4.69) is 20.4 Å². The van der Waals surface area contributed by atoms with E-state index in [1.165, 1.54) is 0 Å². The van der Waals surface area contributed by atoms with Gasteiger partial charge in [0.05, 0.1) is 43.5 Å². The molecule has 3 aromatic rings. The normalized spacial score (nSPS) is 19.8. The van der Waals surface area contributed by atoms with Crippen molar-refractivity contribution >= 4 is 17.1 Å². The Morgan fingerprint density at radius 2 is 2.31 bits per heavy atom. The van der Waals surface area contributed by atoms with Crippen LogP contribution in [-0.4, -0.2) is 55.6 Å². The number of pyridine rings is 1. The van der Waals surface area contributed by atoms with Gasteiger partial charge in [0.1, 0.15) is 11.6 Å². The van der Waals surface area contributed by atoms with Crippen molar-refractivity contribution < 1.29 is 14.3 Å². The summed E-state index contributed by atoms with van der Waals surface area (Å²) >= 11 is 0. The maximum Gasteiger partial charge on any atom is 0.254 e. The summed E-state index contributed by atoms with van der Waals surface area (Å²) < 4.78 is 15.0. The predicted molar refractivity (Wildman–Crippen MR) is 92.9 cm³/mol. The van der Waals surface area contributed by atoms with E-state index in [-0.39, 0.29) is 18.1 Å². The fourth-order valence-corrected chi connectivity index (χ4v) is 3.00. The smallest absolute Gasteiger partial charge is 0.254 e. The topological polar surface area (TPSA) is 96.1 Å². The number of carbonyl (C=O) groups excluding carboxylic acids is 1. The molecule has 0 aromatic carbocycles. The van der Waals surface area contributed by atoms with Crippen LogP contribution in [0.15, 0.2) is 31.0 Å². The van der Waals surface area contributed by atoms with E-state index in [9.17, 15) is 4.79 Å². The second-order valence-corrected chi connectivity index (χ2v) is 6.19. The third-order valence-electron chi connectivity index (χ3n) is 4.41. The highest BCUT2D eigenvalue weighted by Gasteiger charge is 2.32. The number of aromatic nitrogens is 5. The highest BCUT2D eigenvalue weighted by atomic mass is 16.5. The summed E-state index contributed by atoms with van der Waals surface area (Å²) in [5.41, 5.74) is 1.73. The van der Waals surface area contributed by atoms with E-state index in [1.54, 1.807) is 34.0 Å². The molecule has 0 unspecified atom stereocenters. The zero-order valence-electron chi connectivity index (χ0n) is 14.6. The first-order valence-electron chi connectivity index (χ1n) is 8.49. The Morgan fingerprint density at radius 3 is 3.12 bits per heavy atom. The van der Waals surface area contributed by atoms with E-state index in [0.29, 0.717) is 35.7 Å². The number of rotatable bonds is 5. The van der Waals surface area contributed by atoms with Gasteiger partial charge in [-0.3, -0.25) is 9.48 Å². The summed E-state index contributed by atoms with van der Waals surface area (Å²) in [7, 11) is 1.84. The van der Waals surface area contributed by atoms with Crippen molar-refractivity contribution in [2.24, 2.45) is 7.05 Å². The Labute approximate surface area is 149 Å². The molecule has 4 rings (SSSR count). The van der Waals surface area contributed by atoms with Gasteiger partial charge >= 0.3 is 0 Å². The highest BCUT2D eigenvalue weighted by Crippen LogP contribution is 2.18. The average molecular weight is 356 g/mol. The Balaban J connectivity index is 1.49. The van der Waals surface area contributed by atoms with Crippen LogP contribution in [0.4, 0.5) is 0 Å². The molecule has 26 heavy (non-hydrogen) atoms. The van der Waals surface area contributed by atoms with Crippen LogP contribution in [0.25, 0.3) is 11.2 Å². The quantitative estimate of drug-likeness (QED) is 0.725. The first-order valence-corrected chi connectivity index (χ1v) is 8.49. The lowest BCUT2D eigenvalue weighted by Crippen LogP contribution is -2.45. The van der Waals surface area contributed by atoms with Gasteiger partial charge in [0.25, 0.3) is 5.91 Å². The van der Waals surface area contributed by atoms with Gasteiger partial charge in [-0.15, -0.1) is 0 Å². The fourth-order valence-electron chi connectivity index (χ4n) is 3.00. The van der Waals surface area contributed by atoms with E-state index in [0.717, 1.165) is 6.54 Å². The molecule has 0 radical (unpaired) electrons. The first kappa shape index (κ1) is 16.5. The Morgan fingerprint density at radius 1 is 1.42 bits per heavy atom. The molecule has 1 amide bonds. The van der Waals surface area contributed by atoms with Crippen LogP contribution in [0.2, 0.25) is 0 Å². The van der Waals surface area contributed by atoms with Crippen molar-refractivity contribution in [3.05, 3.63) is 36.5 Å². The van der Waals surface area contributed by atoms with Gasteiger partial charge in [-0.05, 0) is 13.0 Å². The number of hydrogen-bond donors (Lipinski definition) is 1. The molecule has 3 aromatic heterocycles. The summed E-state index contributed by atoms with van der Waals surface area (Å²) in [6.07, 6.45) is 6.48. The van der Waals surface area contributed by atoms with Crippen LogP contribution in [0.5, 0.6) is 5.75 Å². The first-order chi connectivity index (χ1) is 12.7. The monoisotopic (exact) mass is 356 g/mol. The lowest BCUT2D eigenvalue weighted by atomic mass is 10.1. The molecule has 1 N–H and O–H groups in total. The molecule has 1 saturated heterocycles. The number of fused-ring (bicyclic) bond motifs is 1. The van der Waals surface area contributed by atoms with Crippen LogP contribution in [-0.2, 0) is 18.3 Å². The fraction of sp³-hybridized carbons (Fsp3) is 0.412. The number of amides is 1. The second kappa shape index (κ2) is 6.75. The molecule has 1 aliphatic rings. The van der Waals surface area contributed by atoms with Crippen LogP contribution in [0.3, 0.4) is 0 Å². The predicted octanol–water partition coefficient (Wildman–Crippen LogP) is 0.761. The van der Waals surface area contributed by atoms with Crippen molar-refractivity contribution in [1.82, 2.24) is 29.6 Å². The number of aryl methyl sites for hydroxylation is 2. The number of imidazole rings is 1. The molecule has 0 bridgehead atoms. The van der Waals surface area contributed by atoms with Crippen molar-refractivity contribution in [1.29, 1.82) is 0 Å². The lowest BCUT2D eigenvalue weighted by molar-refractivity contribution is 0.0905. The number of nitrogens with one attached hydrogen (secondary N) is 1. The molecule has 0 saturated carbocycles. The van der Waals surface area contributed by atoms with Gasteiger partial charge in [-0.2, -0.15) is 5.10 Å². The molecule has 4 heterocycles. The average Bonchev–Trinajstić information content (AvgIpc) is 3.37. The molecular weight excluding hydrogens is 336 g/mol. The standard InChI is InChI=1S/C17H20N6O3/c1-3-23-7-11(6-20-23)26-14-9-25-8-13(14)21-17(24)12-4-5-18-16-15(12)19-10-22(16)2/h4-7,10,13-14H,3,8-9H2,1-2H3,(H,21,24)/t13-,14+/m0/s1. The molecule has 2 atom stereocenters. The zero-order chi connectivity index (χ0) is 18.1. The molecule has 9 nitrogen and oxygen atoms in total. The minimum atomic E-state index is -0.269. The Kier molecular flexibility index (Phi) is 4.29. The van der Waals surface area contributed by atoms with E-state index in [4.69, 9.17) is 9.47 Å². The third-order valence-corrected chi connectivity index (χ3v) is 4.41. The van der Waals surface area contributed by atoms with Gasteiger partial charge in [0.15, 0.2) is 11.4 Å². The van der Waals surface area contributed by atoms with E-state index >= 15 is 0 Å². The maximum absolute atomic E-state index is 12.8. The Bertz CT molecular complexity index is 934. The van der Waals surface area contributed by atoms with Gasteiger partial charge < -0.3 is 19.4 Å². The van der Waals surface area contributed by atoms with E-state index in [1.807, 2.05) is 20.2 Å². The molecule has 1 fully saturated rings. The van der Waals surface area contributed by atoms with Crippen molar-refractivity contribution in [2.75, 3.05) is 13.2 Å². The minimum Gasteiger partial charge on any atom is -0.482 e. The van der Waals surface area contributed by atoms with Crippen LogP contribution in [0.1, 0.15) is 17.3 Å². The van der Waals surface area contributed by atoms with Gasteiger partial charge in [-0.25, -0.2) is 9.97 Å². The molecule has 0 aliphatic carbocycles. The second-order valence-electron chi connectivity index (χ2n) is 6.19. The summed E-state index contributed by atoms with van der Waals surface area (Å²) in [6.45, 7) is 3.59. The van der Waals surface area contributed by atoms with Gasteiger partial charge in [0.2, 0.25) is 0 Å². The summed E-state index contributed by atoms with van der Waals surface area (Å²) in [5, 5.41) is 7.19. The molecular formula is C17H20N6O3. The number of hydrogen-bond acceptors (Lipinski definition) is 6. The van der Waals surface area contributed by atoms with Crippen molar-refractivity contribution in [3.8, 4) is 5.75 Å².